The third kappa shape index (κ3) is 4.13. The van der Waals surface area contributed by atoms with Crippen LogP contribution < -0.4 is 4.90 Å². The predicted molar refractivity (Wildman–Crippen MR) is 124 cm³/mol. The van der Waals surface area contributed by atoms with Gasteiger partial charge in [-0.3, -0.25) is 0 Å². The Kier molecular flexibility index (Phi) is 4.92. The molecule has 1 aliphatic carbocycles. The molecule has 1 amide bonds. The van der Waals surface area contributed by atoms with Crippen molar-refractivity contribution >= 4 is 33.5 Å². The lowest BCUT2D eigenvalue weighted by Gasteiger charge is -2.40. The van der Waals surface area contributed by atoms with Crippen molar-refractivity contribution in [2.75, 3.05) is 24.5 Å². The molecular formula is C23H29N5O2S. The second-order valence-corrected chi connectivity index (χ2v) is 10.6. The molecule has 3 aromatic rings. The minimum absolute atomic E-state index is 0.0543. The van der Waals surface area contributed by atoms with Crippen LogP contribution in [-0.4, -0.2) is 57.2 Å². The summed E-state index contributed by atoms with van der Waals surface area (Å²) in [6, 6.07) is 8.13. The van der Waals surface area contributed by atoms with Crippen LogP contribution in [0.25, 0.3) is 22.6 Å². The van der Waals surface area contributed by atoms with Crippen LogP contribution in [0.15, 0.2) is 24.3 Å². The molecule has 0 bridgehead atoms. The monoisotopic (exact) mass is 439 g/mol. The van der Waals surface area contributed by atoms with Crippen molar-refractivity contribution in [1.82, 2.24) is 19.9 Å². The molecule has 0 spiro atoms. The van der Waals surface area contributed by atoms with Gasteiger partial charge in [-0.05, 0) is 52.7 Å². The first-order valence-electron chi connectivity index (χ1n) is 11.0. The second kappa shape index (κ2) is 7.51. The van der Waals surface area contributed by atoms with Crippen LogP contribution in [0.1, 0.15) is 51.5 Å². The van der Waals surface area contributed by atoms with Gasteiger partial charge in [0.25, 0.3) is 0 Å². The third-order valence-corrected chi connectivity index (χ3v) is 6.99. The highest BCUT2D eigenvalue weighted by Crippen LogP contribution is 2.47. The number of carbonyl (C=O) groups excluding carboxylic acids is 1. The molecule has 7 nitrogen and oxygen atoms in total. The Hall–Kier alpha value is -2.61. The molecule has 3 heterocycles. The van der Waals surface area contributed by atoms with E-state index in [0.29, 0.717) is 12.5 Å². The average Bonchev–Trinajstić information content (AvgIpc) is 3.31. The smallest absolute Gasteiger partial charge is 0.410 e. The molecule has 1 N–H and O–H groups in total. The Morgan fingerprint density at radius 2 is 1.97 bits per heavy atom. The molecule has 1 aliphatic heterocycles. The van der Waals surface area contributed by atoms with Crippen LogP contribution in [0.3, 0.4) is 0 Å². The minimum atomic E-state index is -0.487. The average molecular weight is 440 g/mol. The van der Waals surface area contributed by atoms with Crippen LogP contribution >= 0.6 is 11.3 Å². The molecule has 2 fully saturated rings. The molecular weight excluding hydrogens is 410 g/mol. The van der Waals surface area contributed by atoms with E-state index in [2.05, 4.69) is 16.8 Å². The van der Waals surface area contributed by atoms with E-state index in [1.165, 1.54) is 17.8 Å². The molecule has 2 aliphatic rings. The number of para-hydroxylation sites is 2. The molecule has 5 rings (SSSR count). The maximum Gasteiger partial charge on any atom is 0.410 e. The number of hydrogen-bond donors (Lipinski definition) is 1. The van der Waals surface area contributed by atoms with Gasteiger partial charge in [-0.1, -0.05) is 12.1 Å². The number of benzene rings is 1. The highest BCUT2D eigenvalue weighted by molar-refractivity contribution is 7.16. The fraction of sp³-hybridized carbons (Fsp3) is 0.522. The fourth-order valence-electron chi connectivity index (χ4n) is 4.00. The van der Waals surface area contributed by atoms with Crippen molar-refractivity contribution in [3.8, 4) is 11.5 Å². The molecule has 164 valence electrons. The number of amides is 1. The summed E-state index contributed by atoms with van der Waals surface area (Å²) >= 11 is 1.78. The lowest BCUT2D eigenvalue weighted by molar-refractivity contribution is 0.0159. The third-order valence-electron chi connectivity index (χ3n) is 5.71. The summed E-state index contributed by atoms with van der Waals surface area (Å²) in [7, 11) is 0. The van der Waals surface area contributed by atoms with Gasteiger partial charge < -0.3 is 19.5 Å². The van der Waals surface area contributed by atoms with Gasteiger partial charge in [-0.25, -0.2) is 14.8 Å². The number of anilines is 1. The first kappa shape index (κ1) is 20.3. The van der Waals surface area contributed by atoms with E-state index in [1.54, 1.807) is 11.3 Å². The SMILES string of the molecule is C[C@@H]1CN(c2sc(C3CC3)nc2-c2nc3ccccc3[nH]2)CCN1C(=O)OC(C)(C)C. The van der Waals surface area contributed by atoms with Crippen molar-refractivity contribution in [1.29, 1.82) is 0 Å². The number of rotatable bonds is 3. The summed E-state index contributed by atoms with van der Waals surface area (Å²) in [5, 5.41) is 2.35. The number of carbonyl (C=O) groups is 1. The van der Waals surface area contributed by atoms with Gasteiger partial charge in [-0.2, -0.15) is 0 Å². The molecule has 2 aromatic heterocycles. The Bertz CT molecular complexity index is 1080. The Labute approximate surface area is 186 Å². The number of H-pyrrole nitrogens is 1. The van der Waals surface area contributed by atoms with E-state index < -0.39 is 5.60 Å². The zero-order valence-electron chi connectivity index (χ0n) is 18.5. The first-order chi connectivity index (χ1) is 14.8. The number of fused-ring (bicyclic) bond motifs is 1. The molecule has 1 aromatic carbocycles. The lowest BCUT2D eigenvalue weighted by Crippen LogP contribution is -2.55. The highest BCUT2D eigenvalue weighted by atomic mass is 32.1. The maximum absolute atomic E-state index is 12.6. The zero-order valence-corrected chi connectivity index (χ0v) is 19.3. The summed E-state index contributed by atoms with van der Waals surface area (Å²) < 4.78 is 5.60. The molecule has 0 unspecified atom stereocenters. The Morgan fingerprint density at radius 3 is 2.65 bits per heavy atom. The Morgan fingerprint density at radius 1 is 1.19 bits per heavy atom. The maximum atomic E-state index is 12.6. The number of ether oxygens (including phenoxy) is 1. The van der Waals surface area contributed by atoms with Crippen LogP contribution in [0, 0.1) is 0 Å². The number of thiazole rings is 1. The molecule has 1 saturated heterocycles. The quantitative estimate of drug-likeness (QED) is 0.621. The molecule has 1 atom stereocenters. The van der Waals surface area contributed by atoms with Gasteiger partial charge in [0.2, 0.25) is 0 Å². The van der Waals surface area contributed by atoms with E-state index in [-0.39, 0.29) is 12.1 Å². The molecule has 31 heavy (non-hydrogen) atoms. The standard InChI is InChI=1S/C23H29N5O2S/c1-14-13-27(11-12-28(14)22(29)30-23(2,3)4)21-18(26-20(31-21)15-9-10-15)19-24-16-7-5-6-8-17(16)25-19/h5-8,14-15H,9-13H2,1-4H3,(H,24,25)/t14-/m1/s1. The number of hydrogen-bond acceptors (Lipinski definition) is 6. The van der Waals surface area contributed by atoms with Gasteiger partial charge in [0.05, 0.1) is 16.0 Å². The minimum Gasteiger partial charge on any atom is -0.444 e. The topological polar surface area (TPSA) is 74.4 Å². The van der Waals surface area contributed by atoms with Crippen molar-refractivity contribution in [2.24, 2.45) is 0 Å². The van der Waals surface area contributed by atoms with Crippen molar-refractivity contribution in [3.63, 3.8) is 0 Å². The zero-order chi connectivity index (χ0) is 21.8. The van der Waals surface area contributed by atoms with E-state index in [4.69, 9.17) is 14.7 Å². The number of imidazole rings is 1. The van der Waals surface area contributed by atoms with Crippen LogP contribution in [0.2, 0.25) is 0 Å². The van der Waals surface area contributed by atoms with E-state index >= 15 is 0 Å². The number of piperazine rings is 1. The Balaban J connectivity index is 1.42. The summed E-state index contributed by atoms with van der Waals surface area (Å²) in [5.74, 6) is 1.41. The molecule has 8 heteroatoms. The van der Waals surface area contributed by atoms with Crippen molar-refractivity contribution in [2.45, 2.75) is 58.1 Å². The largest absolute Gasteiger partial charge is 0.444 e. The number of nitrogens with one attached hydrogen (secondary N) is 1. The van der Waals surface area contributed by atoms with Gasteiger partial charge in [-0.15, -0.1) is 11.3 Å². The molecule has 0 radical (unpaired) electrons. The van der Waals surface area contributed by atoms with Crippen molar-refractivity contribution < 1.29 is 9.53 Å². The predicted octanol–water partition coefficient (Wildman–Crippen LogP) is 5.01. The van der Waals surface area contributed by atoms with Gasteiger partial charge in [0.1, 0.15) is 16.3 Å². The van der Waals surface area contributed by atoms with E-state index in [0.717, 1.165) is 40.6 Å². The summed E-state index contributed by atoms with van der Waals surface area (Å²) in [4.78, 5) is 30.1. The molecule has 1 saturated carbocycles. The summed E-state index contributed by atoms with van der Waals surface area (Å²) in [6.07, 6.45) is 2.20. The summed E-state index contributed by atoms with van der Waals surface area (Å²) in [5.41, 5.74) is 2.42. The highest BCUT2D eigenvalue weighted by Gasteiger charge is 2.35. The van der Waals surface area contributed by atoms with Gasteiger partial charge in [0, 0.05) is 31.6 Å². The summed E-state index contributed by atoms with van der Waals surface area (Å²) in [6.45, 7) is 9.93. The second-order valence-electron chi connectivity index (χ2n) is 9.55. The number of aromatic amines is 1. The van der Waals surface area contributed by atoms with Crippen LogP contribution in [0.4, 0.5) is 9.80 Å². The lowest BCUT2D eigenvalue weighted by atomic mass is 10.2. The number of nitrogens with zero attached hydrogens (tertiary/aromatic N) is 4. The number of aromatic nitrogens is 3. The van der Waals surface area contributed by atoms with Crippen molar-refractivity contribution in [3.05, 3.63) is 29.3 Å². The van der Waals surface area contributed by atoms with Gasteiger partial charge >= 0.3 is 6.09 Å². The van der Waals surface area contributed by atoms with E-state index in [1.807, 2.05) is 49.9 Å². The fourth-order valence-corrected chi connectivity index (χ4v) is 5.27. The first-order valence-corrected chi connectivity index (χ1v) is 11.8. The van der Waals surface area contributed by atoms with Crippen LogP contribution in [0.5, 0.6) is 0 Å². The normalized spacial score (nSPS) is 19.8. The van der Waals surface area contributed by atoms with Crippen LogP contribution in [-0.2, 0) is 4.74 Å². The van der Waals surface area contributed by atoms with Gasteiger partial charge in [0.15, 0.2) is 5.82 Å². The van der Waals surface area contributed by atoms with E-state index in [9.17, 15) is 4.79 Å².